The molecule has 20 heavy (non-hydrogen) atoms. The molecule has 0 aromatic heterocycles. The molecule has 0 heterocycles. The van der Waals surface area contributed by atoms with E-state index in [1.807, 2.05) is 0 Å². The van der Waals surface area contributed by atoms with Crippen molar-refractivity contribution < 1.29 is 13.2 Å². The second-order valence-electron chi connectivity index (χ2n) is 4.25. The summed E-state index contributed by atoms with van der Waals surface area (Å²) in [5, 5.41) is 3.49. The van der Waals surface area contributed by atoms with Gasteiger partial charge in [-0.1, -0.05) is 29.8 Å². The SMILES string of the molecule is Nc1cccc(Cl)c1NCc1ccc(C(F)(F)F)cc1. The van der Waals surface area contributed by atoms with Crippen molar-refractivity contribution in [3.63, 3.8) is 0 Å². The van der Waals surface area contributed by atoms with Crippen LogP contribution in [0.4, 0.5) is 24.5 Å². The molecule has 2 aromatic rings. The first-order chi connectivity index (χ1) is 9.38. The highest BCUT2D eigenvalue weighted by atomic mass is 35.5. The third-order valence-corrected chi connectivity index (χ3v) is 3.11. The maximum atomic E-state index is 12.4. The van der Waals surface area contributed by atoms with E-state index in [2.05, 4.69) is 5.32 Å². The van der Waals surface area contributed by atoms with Crippen LogP contribution in [-0.2, 0) is 12.7 Å². The largest absolute Gasteiger partial charge is 0.416 e. The molecule has 6 heteroatoms. The van der Waals surface area contributed by atoms with Crippen LogP contribution in [0, 0.1) is 0 Å². The zero-order valence-electron chi connectivity index (χ0n) is 10.3. The quantitative estimate of drug-likeness (QED) is 0.816. The zero-order chi connectivity index (χ0) is 14.8. The molecule has 0 unspecified atom stereocenters. The molecule has 0 aliphatic rings. The number of rotatable bonds is 3. The van der Waals surface area contributed by atoms with Crippen molar-refractivity contribution in [1.82, 2.24) is 0 Å². The Kier molecular flexibility index (Phi) is 4.09. The predicted molar refractivity (Wildman–Crippen MR) is 74.6 cm³/mol. The Balaban J connectivity index is 2.08. The molecule has 0 fully saturated rings. The minimum atomic E-state index is -4.32. The molecule has 0 bridgehead atoms. The molecule has 0 aliphatic heterocycles. The Morgan fingerprint density at radius 1 is 1.05 bits per heavy atom. The van der Waals surface area contributed by atoms with Gasteiger partial charge in [-0.2, -0.15) is 13.2 Å². The number of nitrogens with one attached hydrogen (secondary N) is 1. The minimum absolute atomic E-state index is 0.339. The number of halogens is 4. The van der Waals surface area contributed by atoms with Gasteiger partial charge in [0.25, 0.3) is 0 Å². The molecule has 0 aliphatic carbocycles. The van der Waals surface area contributed by atoms with Gasteiger partial charge in [-0.05, 0) is 29.8 Å². The van der Waals surface area contributed by atoms with Crippen LogP contribution in [-0.4, -0.2) is 0 Å². The average Bonchev–Trinajstić information content (AvgIpc) is 2.37. The van der Waals surface area contributed by atoms with Gasteiger partial charge in [-0.25, -0.2) is 0 Å². The lowest BCUT2D eigenvalue weighted by molar-refractivity contribution is -0.137. The second kappa shape index (κ2) is 5.63. The number of hydrogen-bond acceptors (Lipinski definition) is 2. The van der Waals surface area contributed by atoms with Crippen molar-refractivity contribution in [1.29, 1.82) is 0 Å². The molecular formula is C14H12ClF3N2. The first kappa shape index (κ1) is 14.5. The van der Waals surface area contributed by atoms with Crippen LogP contribution in [0.5, 0.6) is 0 Å². The van der Waals surface area contributed by atoms with E-state index in [9.17, 15) is 13.2 Å². The van der Waals surface area contributed by atoms with E-state index in [4.69, 9.17) is 17.3 Å². The summed E-state index contributed by atoms with van der Waals surface area (Å²) in [4.78, 5) is 0. The van der Waals surface area contributed by atoms with Crippen LogP contribution in [0.15, 0.2) is 42.5 Å². The van der Waals surface area contributed by atoms with Crippen molar-refractivity contribution >= 4 is 23.0 Å². The molecule has 0 saturated heterocycles. The summed E-state index contributed by atoms with van der Waals surface area (Å²) in [5.74, 6) is 0. The molecule has 0 spiro atoms. The van der Waals surface area contributed by atoms with Gasteiger partial charge in [-0.15, -0.1) is 0 Å². The van der Waals surface area contributed by atoms with Crippen molar-refractivity contribution in [3.8, 4) is 0 Å². The molecule has 2 rings (SSSR count). The highest BCUT2D eigenvalue weighted by molar-refractivity contribution is 6.33. The van der Waals surface area contributed by atoms with E-state index in [1.165, 1.54) is 12.1 Å². The van der Waals surface area contributed by atoms with Gasteiger partial charge in [-0.3, -0.25) is 0 Å². The van der Waals surface area contributed by atoms with E-state index in [0.29, 0.717) is 28.5 Å². The van der Waals surface area contributed by atoms with Crippen LogP contribution < -0.4 is 11.1 Å². The predicted octanol–water partition coefficient (Wildman–Crippen LogP) is 4.55. The molecule has 3 N–H and O–H groups in total. The number of nitrogen functional groups attached to an aromatic ring is 1. The molecule has 0 saturated carbocycles. The highest BCUT2D eigenvalue weighted by Gasteiger charge is 2.29. The van der Waals surface area contributed by atoms with Gasteiger partial charge in [0.15, 0.2) is 0 Å². The fourth-order valence-corrected chi connectivity index (χ4v) is 1.98. The fraction of sp³-hybridized carbons (Fsp3) is 0.143. The third-order valence-electron chi connectivity index (χ3n) is 2.80. The molecule has 2 aromatic carbocycles. The molecule has 2 nitrogen and oxygen atoms in total. The maximum absolute atomic E-state index is 12.4. The number of hydrogen-bond donors (Lipinski definition) is 2. The summed E-state index contributed by atoms with van der Waals surface area (Å²) >= 11 is 5.99. The summed E-state index contributed by atoms with van der Waals surface area (Å²) in [6.07, 6.45) is -4.32. The Morgan fingerprint density at radius 2 is 1.70 bits per heavy atom. The number of alkyl halides is 3. The van der Waals surface area contributed by atoms with Gasteiger partial charge in [0, 0.05) is 6.54 Å². The van der Waals surface area contributed by atoms with E-state index in [1.54, 1.807) is 18.2 Å². The van der Waals surface area contributed by atoms with Crippen molar-refractivity contribution in [2.24, 2.45) is 0 Å². The molecular weight excluding hydrogens is 289 g/mol. The molecule has 0 amide bonds. The van der Waals surface area contributed by atoms with Gasteiger partial charge < -0.3 is 11.1 Å². The lowest BCUT2D eigenvalue weighted by Crippen LogP contribution is -2.06. The van der Waals surface area contributed by atoms with E-state index < -0.39 is 11.7 Å². The van der Waals surface area contributed by atoms with Crippen molar-refractivity contribution in [2.45, 2.75) is 12.7 Å². The highest BCUT2D eigenvalue weighted by Crippen LogP contribution is 2.30. The van der Waals surface area contributed by atoms with Crippen molar-refractivity contribution in [3.05, 3.63) is 58.6 Å². The number of anilines is 2. The van der Waals surface area contributed by atoms with E-state index in [-0.39, 0.29) is 0 Å². The van der Waals surface area contributed by atoms with Gasteiger partial charge in [0.1, 0.15) is 0 Å². The minimum Gasteiger partial charge on any atom is -0.397 e. The fourth-order valence-electron chi connectivity index (χ4n) is 1.73. The Morgan fingerprint density at radius 3 is 2.25 bits per heavy atom. The Hall–Kier alpha value is -1.88. The third kappa shape index (κ3) is 3.36. The molecule has 0 atom stereocenters. The summed E-state index contributed by atoms with van der Waals surface area (Å²) in [5.41, 5.74) is 6.88. The van der Waals surface area contributed by atoms with Crippen LogP contribution in [0.25, 0.3) is 0 Å². The normalized spacial score (nSPS) is 11.4. The lowest BCUT2D eigenvalue weighted by Gasteiger charge is -2.12. The first-order valence-corrected chi connectivity index (χ1v) is 6.20. The number of para-hydroxylation sites is 1. The summed E-state index contributed by atoms with van der Waals surface area (Å²) in [6.45, 7) is 0.339. The average molecular weight is 301 g/mol. The summed E-state index contributed by atoms with van der Waals surface area (Å²) in [7, 11) is 0. The second-order valence-corrected chi connectivity index (χ2v) is 4.66. The van der Waals surface area contributed by atoms with Crippen LogP contribution in [0.1, 0.15) is 11.1 Å². The van der Waals surface area contributed by atoms with Crippen LogP contribution >= 0.6 is 11.6 Å². The first-order valence-electron chi connectivity index (χ1n) is 5.82. The van der Waals surface area contributed by atoms with E-state index in [0.717, 1.165) is 12.1 Å². The summed E-state index contributed by atoms with van der Waals surface area (Å²) in [6, 6.07) is 10.0. The Bertz CT molecular complexity index is 574. The standard InChI is InChI=1S/C14H12ClF3N2/c15-11-2-1-3-12(19)13(11)20-8-9-4-6-10(7-5-9)14(16,17)18/h1-7,20H,8,19H2. The number of nitrogens with two attached hydrogens (primary N) is 1. The van der Waals surface area contributed by atoms with Gasteiger partial charge >= 0.3 is 6.18 Å². The van der Waals surface area contributed by atoms with Gasteiger partial charge in [0.2, 0.25) is 0 Å². The summed E-state index contributed by atoms with van der Waals surface area (Å²) < 4.78 is 37.3. The zero-order valence-corrected chi connectivity index (χ0v) is 11.1. The number of benzene rings is 2. The molecule has 106 valence electrons. The lowest BCUT2D eigenvalue weighted by atomic mass is 10.1. The monoisotopic (exact) mass is 300 g/mol. The maximum Gasteiger partial charge on any atom is 0.416 e. The van der Waals surface area contributed by atoms with Crippen molar-refractivity contribution in [2.75, 3.05) is 11.1 Å². The van der Waals surface area contributed by atoms with Crippen LogP contribution in [0.3, 0.4) is 0 Å². The smallest absolute Gasteiger partial charge is 0.397 e. The van der Waals surface area contributed by atoms with E-state index >= 15 is 0 Å². The Labute approximate surface area is 119 Å². The molecule has 0 radical (unpaired) electrons. The van der Waals surface area contributed by atoms with Crippen LogP contribution in [0.2, 0.25) is 5.02 Å². The topological polar surface area (TPSA) is 38.0 Å². The van der Waals surface area contributed by atoms with Gasteiger partial charge in [0.05, 0.1) is 22.0 Å².